The van der Waals surface area contributed by atoms with Crippen LogP contribution in [0.2, 0.25) is 0 Å². The van der Waals surface area contributed by atoms with Crippen LogP contribution < -0.4 is 0 Å². The quantitative estimate of drug-likeness (QED) is 0.313. The zero-order chi connectivity index (χ0) is 23.8. The summed E-state index contributed by atoms with van der Waals surface area (Å²) < 4.78 is 44.5. The standard InChI is InChI=1S/C24H19F3N2O4/c25-24(26,27)23(31,22(30)17-9-5-2-6-10-17)20-15-28(14-16-7-3-1-4-8-16)21-13-18(29(32)33)11-12-19(20)21/h1-13,15,22,30-31H,14H2. The summed E-state index contributed by atoms with van der Waals surface area (Å²) in [6.07, 6.45) is -6.48. The second-order valence-electron chi connectivity index (χ2n) is 7.69. The SMILES string of the molecule is O=[N+]([O-])c1ccc2c(C(O)(C(O)c3ccccc3)C(F)(F)F)cn(Cc3ccccc3)c2c1. The van der Waals surface area contributed by atoms with Crippen molar-refractivity contribution in [3.8, 4) is 0 Å². The molecule has 0 saturated heterocycles. The summed E-state index contributed by atoms with van der Waals surface area (Å²) in [5.74, 6) is 0. The minimum Gasteiger partial charge on any atom is -0.385 e. The Kier molecular flexibility index (Phi) is 5.69. The first kappa shape index (κ1) is 22.5. The lowest BCUT2D eigenvalue weighted by atomic mass is 9.83. The van der Waals surface area contributed by atoms with Gasteiger partial charge in [-0.05, 0) is 17.2 Å². The van der Waals surface area contributed by atoms with E-state index in [-0.39, 0.29) is 28.7 Å². The van der Waals surface area contributed by atoms with Crippen LogP contribution in [0.3, 0.4) is 0 Å². The number of rotatable bonds is 6. The molecule has 1 heterocycles. The zero-order valence-electron chi connectivity index (χ0n) is 17.1. The molecular weight excluding hydrogens is 437 g/mol. The van der Waals surface area contributed by atoms with Crippen LogP contribution >= 0.6 is 0 Å². The topological polar surface area (TPSA) is 88.5 Å². The third-order valence-corrected chi connectivity index (χ3v) is 5.63. The number of nitro groups is 1. The minimum absolute atomic E-state index is 0.0497. The van der Waals surface area contributed by atoms with E-state index in [4.69, 9.17) is 0 Å². The summed E-state index contributed by atoms with van der Waals surface area (Å²) in [4.78, 5) is 10.7. The van der Waals surface area contributed by atoms with Crippen molar-refractivity contribution in [2.24, 2.45) is 0 Å². The van der Waals surface area contributed by atoms with Crippen LogP contribution in [0.4, 0.5) is 18.9 Å². The predicted octanol–water partition coefficient (Wildman–Crippen LogP) is 5.08. The number of alkyl halides is 3. The number of aromatic nitrogens is 1. The molecule has 0 bridgehead atoms. The Morgan fingerprint density at radius 3 is 2.15 bits per heavy atom. The highest BCUT2D eigenvalue weighted by Crippen LogP contribution is 2.50. The first-order valence-electron chi connectivity index (χ1n) is 9.96. The van der Waals surface area contributed by atoms with Crippen LogP contribution in [-0.2, 0) is 12.1 Å². The van der Waals surface area contributed by atoms with Gasteiger partial charge in [0.2, 0.25) is 5.60 Å². The number of aliphatic hydroxyl groups excluding tert-OH is 1. The molecule has 0 aliphatic heterocycles. The summed E-state index contributed by atoms with van der Waals surface area (Å²) in [6, 6.07) is 19.3. The third-order valence-electron chi connectivity index (χ3n) is 5.63. The molecule has 0 aliphatic carbocycles. The summed E-state index contributed by atoms with van der Waals surface area (Å²) in [6.45, 7) is 0.105. The molecule has 2 N–H and O–H groups in total. The number of nitro benzene ring substituents is 1. The Morgan fingerprint density at radius 1 is 0.970 bits per heavy atom. The van der Waals surface area contributed by atoms with E-state index in [9.17, 15) is 33.5 Å². The zero-order valence-corrected chi connectivity index (χ0v) is 17.1. The van der Waals surface area contributed by atoms with Crippen molar-refractivity contribution in [3.63, 3.8) is 0 Å². The molecule has 170 valence electrons. The van der Waals surface area contributed by atoms with E-state index in [1.54, 1.807) is 36.4 Å². The molecule has 33 heavy (non-hydrogen) atoms. The molecule has 3 aromatic carbocycles. The molecular formula is C24H19F3N2O4. The van der Waals surface area contributed by atoms with E-state index >= 15 is 0 Å². The average molecular weight is 456 g/mol. The van der Waals surface area contributed by atoms with Crippen LogP contribution in [0.5, 0.6) is 0 Å². The molecule has 1 aromatic heterocycles. The first-order valence-corrected chi connectivity index (χ1v) is 9.96. The van der Waals surface area contributed by atoms with Gasteiger partial charge >= 0.3 is 6.18 Å². The molecule has 9 heteroatoms. The largest absolute Gasteiger partial charge is 0.424 e. The number of benzene rings is 3. The van der Waals surface area contributed by atoms with E-state index in [2.05, 4.69) is 0 Å². The molecule has 0 saturated carbocycles. The maximum atomic E-state index is 14.4. The highest BCUT2D eigenvalue weighted by atomic mass is 19.4. The monoisotopic (exact) mass is 456 g/mol. The van der Waals surface area contributed by atoms with Gasteiger partial charge < -0.3 is 14.8 Å². The number of fused-ring (bicyclic) bond motifs is 1. The van der Waals surface area contributed by atoms with Crippen molar-refractivity contribution in [1.29, 1.82) is 0 Å². The highest BCUT2D eigenvalue weighted by molar-refractivity contribution is 5.87. The number of halogens is 3. The maximum absolute atomic E-state index is 14.4. The maximum Gasteiger partial charge on any atom is 0.424 e. The van der Waals surface area contributed by atoms with Crippen LogP contribution in [0.25, 0.3) is 10.9 Å². The first-order chi connectivity index (χ1) is 15.6. The van der Waals surface area contributed by atoms with Gasteiger partial charge in [-0.2, -0.15) is 13.2 Å². The van der Waals surface area contributed by atoms with Gasteiger partial charge in [-0.15, -0.1) is 0 Å². The molecule has 0 fully saturated rings. The van der Waals surface area contributed by atoms with Gasteiger partial charge in [0, 0.05) is 35.8 Å². The van der Waals surface area contributed by atoms with Gasteiger partial charge in [-0.1, -0.05) is 60.7 Å². The Bertz CT molecular complexity index is 1290. The molecule has 0 spiro atoms. The fourth-order valence-corrected chi connectivity index (χ4v) is 3.94. The average Bonchev–Trinajstić information content (AvgIpc) is 3.16. The van der Waals surface area contributed by atoms with Crippen LogP contribution in [0, 0.1) is 10.1 Å². The molecule has 2 unspecified atom stereocenters. The summed E-state index contributed by atoms with van der Waals surface area (Å²) in [5, 5.41) is 33.1. The lowest BCUT2D eigenvalue weighted by Gasteiger charge is -2.35. The minimum atomic E-state index is -5.25. The van der Waals surface area contributed by atoms with Crippen molar-refractivity contribution in [1.82, 2.24) is 4.57 Å². The van der Waals surface area contributed by atoms with E-state index in [0.717, 1.165) is 23.9 Å². The second-order valence-corrected chi connectivity index (χ2v) is 7.69. The van der Waals surface area contributed by atoms with Crippen molar-refractivity contribution >= 4 is 16.6 Å². The Labute approximate surface area is 186 Å². The molecule has 6 nitrogen and oxygen atoms in total. The van der Waals surface area contributed by atoms with E-state index in [1.807, 2.05) is 0 Å². The molecule has 4 aromatic rings. The molecule has 0 amide bonds. The van der Waals surface area contributed by atoms with Crippen molar-refractivity contribution in [2.45, 2.75) is 24.4 Å². The van der Waals surface area contributed by atoms with Gasteiger partial charge in [-0.25, -0.2) is 0 Å². The molecule has 0 radical (unpaired) electrons. The molecule has 4 rings (SSSR count). The van der Waals surface area contributed by atoms with Crippen molar-refractivity contribution in [3.05, 3.63) is 112 Å². The van der Waals surface area contributed by atoms with Crippen LogP contribution in [0.1, 0.15) is 22.8 Å². The Hall–Kier alpha value is -3.69. The number of nitrogens with zero attached hydrogens (tertiary/aromatic N) is 2. The predicted molar refractivity (Wildman–Crippen MR) is 115 cm³/mol. The van der Waals surface area contributed by atoms with Gasteiger partial charge in [-0.3, -0.25) is 10.1 Å². The Morgan fingerprint density at radius 2 is 1.58 bits per heavy atom. The number of hydrogen-bond donors (Lipinski definition) is 2. The van der Waals surface area contributed by atoms with Gasteiger partial charge in [0.05, 0.1) is 10.4 Å². The Balaban J connectivity index is 1.97. The smallest absolute Gasteiger partial charge is 0.385 e. The lowest BCUT2D eigenvalue weighted by Crippen LogP contribution is -2.47. The normalized spacial score (nSPS) is 14.7. The van der Waals surface area contributed by atoms with Gasteiger partial charge in [0.1, 0.15) is 6.10 Å². The number of hydrogen-bond acceptors (Lipinski definition) is 4. The lowest BCUT2D eigenvalue weighted by molar-refractivity contribution is -0.384. The summed E-state index contributed by atoms with van der Waals surface area (Å²) in [7, 11) is 0. The second kappa shape index (κ2) is 8.34. The van der Waals surface area contributed by atoms with Crippen molar-refractivity contribution < 1.29 is 28.3 Å². The fourth-order valence-electron chi connectivity index (χ4n) is 3.94. The highest BCUT2D eigenvalue weighted by Gasteiger charge is 2.61. The van der Waals surface area contributed by atoms with Crippen LogP contribution in [-0.4, -0.2) is 25.9 Å². The van der Waals surface area contributed by atoms with Gasteiger partial charge in [0.25, 0.3) is 5.69 Å². The molecule has 2 atom stereocenters. The van der Waals surface area contributed by atoms with E-state index < -0.39 is 28.4 Å². The summed E-state index contributed by atoms with van der Waals surface area (Å²) >= 11 is 0. The van der Waals surface area contributed by atoms with E-state index in [0.29, 0.717) is 0 Å². The summed E-state index contributed by atoms with van der Waals surface area (Å²) in [5.41, 5.74) is -3.81. The van der Waals surface area contributed by atoms with E-state index in [1.165, 1.54) is 34.9 Å². The number of aliphatic hydroxyl groups is 2. The number of non-ortho nitro benzene ring substituents is 1. The third kappa shape index (κ3) is 3.96. The van der Waals surface area contributed by atoms with Crippen molar-refractivity contribution in [2.75, 3.05) is 0 Å². The fraction of sp³-hybridized carbons (Fsp3) is 0.167. The van der Waals surface area contributed by atoms with Gasteiger partial charge in [0.15, 0.2) is 0 Å². The van der Waals surface area contributed by atoms with Crippen LogP contribution in [0.15, 0.2) is 85.1 Å². The molecule has 0 aliphatic rings.